The van der Waals surface area contributed by atoms with Crippen LogP contribution in [0.25, 0.3) is 0 Å². The second-order valence-electron chi connectivity index (χ2n) is 10.1. The van der Waals surface area contributed by atoms with Gasteiger partial charge in [-0.1, -0.05) is 73.5 Å². The minimum Gasteiger partial charge on any atom is -0.486 e. The Bertz CT molecular complexity index is 1480. The van der Waals surface area contributed by atoms with Crippen LogP contribution in [0, 0.1) is 0 Å². The Morgan fingerprint density at radius 2 is 1.67 bits per heavy atom. The first-order valence-corrected chi connectivity index (χ1v) is 16.1. The van der Waals surface area contributed by atoms with Crippen LogP contribution in [0.15, 0.2) is 72.8 Å². The molecule has 0 aromatic heterocycles. The van der Waals surface area contributed by atoms with Crippen LogP contribution in [0.1, 0.15) is 30.9 Å². The van der Waals surface area contributed by atoms with Crippen molar-refractivity contribution in [2.75, 3.05) is 36.9 Å². The van der Waals surface area contributed by atoms with Gasteiger partial charge in [-0.15, -0.1) is 0 Å². The predicted molar refractivity (Wildman–Crippen MR) is 163 cm³/mol. The fourth-order valence-electron chi connectivity index (χ4n) is 4.67. The summed E-state index contributed by atoms with van der Waals surface area (Å²) in [4.78, 5) is 29.3. The zero-order valence-corrected chi connectivity index (χ0v) is 25.4. The fourth-order valence-corrected chi connectivity index (χ4v) is 5.71. The SMILES string of the molecule is CCCCNC(=O)[C@@H](Cc1ccccc1)N(Cc1ccccc1Cl)C(=O)CN(c1ccc2c(c1)OCCO2)S(C)(=O)=O. The van der Waals surface area contributed by atoms with Crippen molar-refractivity contribution >= 4 is 39.1 Å². The van der Waals surface area contributed by atoms with Crippen LogP contribution in [0.4, 0.5) is 5.69 Å². The Labute approximate surface area is 252 Å². The van der Waals surface area contributed by atoms with E-state index in [9.17, 15) is 18.0 Å². The molecule has 1 aliphatic rings. The number of carbonyl (C=O) groups excluding carboxylic acids is 2. The van der Waals surface area contributed by atoms with Crippen LogP contribution in [0.3, 0.4) is 0 Å². The monoisotopic (exact) mass is 613 g/mol. The Balaban J connectivity index is 1.72. The third-order valence-corrected chi connectivity index (χ3v) is 8.40. The van der Waals surface area contributed by atoms with Gasteiger partial charge in [-0.2, -0.15) is 0 Å². The van der Waals surface area contributed by atoms with Crippen molar-refractivity contribution in [1.82, 2.24) is 10.2 Å². The molecule has 0 saturated carbocycles. The highest BCUT2D eigenvalue weighted by Crippen LogP contribution is 2.35. The summed E-state index contributed by atoms with van der Waals surface area (Å²) in [5.74, 6) is 0.0153. The van der Waals surface area contributed by atoms with Crippen LogP contribution >= 0.6 is 11.6 Å². The molecule has 11 heteroatoms. The van der Waals surface area contributed by atoms with Gasteiger partial charge < -0.3 is 19.7 Å². The molecule has 0 bridgehead atoms. The highest BCUT2D eigenvalue weighted by atomic mass is 35.5. The van der Waals surface area contributed by atoms with Crippen LogP contribution in [0.5, 0.6) is 11.5 Å². The van der Waals surface area contributed by atoms with Crippen LogP contribution in [-0.2, 0) is 32.6 Å². The molecule has 42 heavy (non-hydrogen) atoms. The Morgan fingerprint density at radius 1 is 0.976 bits per heavy atom. The number of amides is 2. The maximum Gasteiger partial charge on any atom is 0.244 e. The smallest absolute Gasteiger partial charge is 0.244 e. The minimum absolute atomic E-state index is 0.00987. The summed E-state index contributed by atoms with van der Waals surface area (Å²) in [5, 5.41) is 3.40. The summed E-state index contributed by atoms with van der Waals surface area (Å²) in [7, 11) is -3.91. The van der Waals surface area contributed by atoms with Gasteiger partial charge in [0.2, 0.25) is 21.8 Å². The van der Waals surface area contributed by atoms with Crippen molar-refractivity contribution in [1.29, 1.82) is 0 Å². The number of rotatable bonds is 13. The molecule has 1 aliphatic heterocycles. The second-order valence-corrected chi connectivity index (χ2v) is 12.4. The van der Waals surface area contributed by atoms with Gasteiger partial charge in [0.05, 0.1) is 11.9 Å². The van der Waals surface area contributed by atoms with Gasteiger partial charge in [0.1, 0.15) is 25.8 Å². The van der Waals surface area contributed by atoms with E-state index in [0.29, 0.717) is 41.8 Å². The van der Waals surface area contributed by atoms with E-state index in [1.165, 1.54) is 4.90 Å². The van der Waals surface area contributed by atoms with Gasteiger partial charge >= 0.3 is 0 Å². The molecule has 0 fully saturated rings. The molecule has 224 valence electrons. The normalized spacial score (nSPS) is 13.2. The van der Waals surface area contributed by atoms with Gasteiger partial charge in [0, 0.05) is 30.6 Å². The van der Waals surface area contributed by atoms with E-state index >= 15 is 0 Å². The zero-order chi connectivity index (χ0) is 30.1. The summed E-state index contributed by atoms with van der Waals surface area (Å²) in [6, 6.07) is 20.3. The Kier molecular flexibility index (Phi) is 10.7. The van der Waals surface area contributed by atoms with E-state index < -0.39 is 28.5 Å². The molecular weight excluding hydrogens is 578 g/mol. The van der Waals surface area contributed by atoms with E-state index in [-0.39, 0.29) is 24.6 Å². The topological polar surface area (TPSA) is 105 Å². The predicted octanol–water partition coefficient (Wildman–Crippen LogP) is 4.43. The summed E-state index contributed by atoms with van der Waals surface area (Å²) in [6.45, 7) is 2.68. The number of unbranched alkanes of at least 4 members (excludes halogenated alkanes) is 1. The quantitative estimate of drug-likeness (QED) is 0.286. The Hall–Kier alpha value is -3.76. The molecule has 4 rings (SSSR count). The fraction of sp³-hybridized carbons (Fsp3) is 0.355. The van der Waals surface area contributed by atoms with Crippen molar-refractivity contribution < 1.29 is 27.5 Å². The summed E-state index contributed by atoms with van der Waals surface area (Å²) in [6.07, 6.45) is 2.95. The number of sulfonamides is 1. The van der Waals surface area contributed by atoms with Gasteiger partial charge in [-0.3, -0.25) is 13.9 Å². The number of hydrogen-bond donors (Lipinski definition) is 1. The molecule has 9 nitrogen and oxygen atoms in total. The number of hydrogen-bond acceptors (Lipinski definition) is 6. The number of nitrogens with one attached hydrogen (secondary N) is 1. The first-order chi connectivity index (χ1) is 20.2. The van der Waals surface area contributed by atoms with Gasteiger partial charge in [0.25, 0.3) is 0 Å². The molecule has 1 heterocycles. The number of halogens is 1. The van der Waals surface area contributed by atoms with Gasteiger partial charge in [-0.25, -0.2) is 8.42 Å². The standard InChI is InChI=1S/C31H36ClN3O6S/c1-3-4-16-33-31(37)27(19-23-10-6-5-7-11-23)34(21-24-12-8-9-13-26(24)32)30(36)22-35(42(2,38)39)25-14-15-28-29(20-25)41-18-17-40-28/h5-15,20,27H,3-4,16-19,21-22H2,1-2H3,(H,33,37)/t27-/m1/s1. The number of ether oxygens (including phenoxy) is 2. The van der Waals surface area contributed by atoms with Crippen molar-refractivity contribution in [3.05, 3.63) is 88.9 Å². The van der Waals surface area contributed by atoms with Crippen LogP contribution in [-0.4, -0.2) is 63.7 Å². The lowest BCUT2D eigenvalue weighted by Crippen LogP contribution is -2.53. The van der Waals surface area contributed by atoms with Crippen molar-refractivity contribution in [3.63, 3.8) is 0 Å². The summed E-state index contributed by atoms with van der Waals surface area (Å²) in [5.41, 5.74) is 1.74. The average molecular weight is 614 g/mol. The molecule has 1 atom stereocenters. The lowest BCUT2D eigenvalue weighted by molar-refractivity contribution is -0.140. The van der Waals surface area contributed by atoms with E-state index in [0.717, 1.165) is 29.0 Å². The highest BCUT2D eigenvalue weighted by molar-refractivity contribution is 7.92. The lowest BCUT2D eigenvalue weighted by Gasteiger charge is -2.34. The third kappa shape index (κ3) is 8.17. The molecule has 0 radical (unpaired) electrons. The van der Waals surface area contributed by atoms with Gasteiger partial charge in [-0.05, 0) is 35.7 Å². The number of nitrogens with zero attached hydrogens (tertiary/aromatic N) is 2. The lowest BCUT2D eigenvalue weighted by atomic mass is 10.0. The van der Waals surface area contributed by atoms with E-state index in [1.807, 2.05) is 37.3 Å². The Morgan fingerprint density at radius 3 is 2.36 bits per heavy atom. The minimum atomic E-state index is -3.91. The molecule has 3 aromatic carbocycles. The highest BCUT2D eigenvalue weighted by Gasteiger charge is 2.33. The molecule has 0 unspecified atom stereocenters. The van der Waals surface area contributed by atoms with Crippen molar-refractivity contribution in [3.8, 4) is 11.5 Å². The molecule has 1 N–H and O–H groups in total. The number of anilines is 1. The number of benzene rings is 3. The van der Waals surface area contributed by atoms with E-state index in [1.54, 1.807) is 42.5 Å². The number of fused-ring (bicyclic) bond motifs is 1. The molecule has 0 aliphatic carbocycles. The van der Waals surface area contributed by atoms with E-state index in [4.69, 9.17) is 21.1 Å². The third-order valence-electron chi connectivity index (χ3n) is 6.89. The second kappa shape index (κ2) is 14.4. The summed E-state index contributed by atoms with van der Waals surface area (Å²) >= 11 is 6.49. The zero-order valence-electron chi connectivity index (χ0n) is 23.8. The first-order valence-electron chi connectivity index (χ1n) is 13.9. The molecule has 0 saturated heterocycles. The molecule has 2 amide bonds. The maximum atomic E-state index is 14.2. The van der Waals surface area contributed by atoms with Gasteiger partial charge in [0.15, 0.2) is 11.5 Å². The molecular formula is C31H36ClN3O6S. The van der Waals surface area contributed by atoms with Crippen molar-refractivity contribution in [2.45, 2.75) is 38.8 Å². The largest absolute Gasteiger partial charge is 0.486 e. The van der Waals surface area contributed by atoms with Crippen molar-refractivity contribution in [2.24, 2.45) is 0 Å². The van der Waals surface area contributed by atoms with E-state index in [2.05, 4.69) is 5.32 Å². The van der Waals surface area contributed by atoms with Crippen LogP contribution in [0.2, 0.25) is 5.02 Å². The maximum absolute atomic E-state index is 14.2. The summed E-state index contributed by atoms with van der Waals surface area (Å²) < 4.78 is 38.3. The first kappa shape index (κ1) is 31.2. The van der Waals surface area contributed by atoms with Crippen LogP contribution < -0.4 is 19.1 Å². The average Bonchev–Trinajstić information content (AvgIpc) is 2.98. The molecule has 3 aromatic rings. The molecule has 0 spiro atoms. The number of carbonyl (C=O) groups is 2.